The molecule has 6 N–H and O–H groups in total. The van der Waals surface area contributed by atoms with E-state index in [-0.39, 0.29) is 12.5 Å². The summed E-state index contributed by atoms with van der Waals surface area (Å²) in [5.74, 6) is -0.196. The number of carbonyl (C=O) groups is 1. The van der Waals surface area contributed by atoms with Crippen LogP contribution in [0.3, 0.4) is 0 Å². The average Bonchev–Trinajstić information content (AvgIpc) is 3.57. The van der Waals surface area contributed by atoms with Gasteiger partial charge in [-0.3, -0.25) is 4.79 Å². The molecule has 486 valence electrons. The molecule has 1 rings (SSSR count). The van der Waals surface area contributed by atoms with E-state index in [0.717, 1.165) is 109 Å². The zero-order valence-corrected chi connectivity index (χ0v) is 54.3. The minimum Gasteiger partial charge on any atom is -0.394 e. The van der Waals surface area contributed by atoms with Crippen molar-refractivity contribution < 1.29 is 39.8 Å². The van der Waals surface area contributed by atoms with Crippen molar-refractivity contribution >= 4 is 5.91 Å². The van der Waals surface area contributed by atoms with Gasteiger partial charge in [0, 0.05) is 6.42 Å². The van der Waals surface area contributed by atoms with Crippen molar-refractivity contribution in [3.8, 4) is 0 Å². The number of rotatable bonds is 59. The lowest BCUT2D eigenvalue weighted by Crippen LogP contribution is -2.60. The maximum atomic E-state index is 13.1. The minimum absolute atomic E-state index is 0.196. The van der Waals surface area contributed by atoms with Crippen molar-refractivity contribution in [2.75, 3.05) is 13.2 Å². The molecular formula is C76H129NO8. The van der Waals surface area contributed by atoms with Crippen LogP contribution in [0, 0.1) is 0 Å². The van der Waals surface area contributed by atoms with E-state index < -0.39 is 49.5 Å². The first-order valence-electron chi connectivity index (χ1n) is 34.9. The van der Waals surface area contributed by atoms with E-state index in [9.17, 15) is 30.3 Å². The van der Waals surface area contributed by atoms with Crippen LogP contribution >= 0.6 is 0 Å². The van der Waals surface area contributed by atoms with Gasteiger partial charge in [-0.05, 0) is 103 Å². The van der Waals surface area contributed by atoms with Crippen molar-refractivity contribution in [2.24, 2.45) is 0 Å². The van der Waals surface area contributed by atoms with Crippen LogP contribution in [0.5, 0.6) is 0 Å². The molecular weight excluding hydrogens is 1050 g/mol. The predicted octanol–water partition coefficient (Wildman–Crippen LogP) is 19.2. The highest BCUT2D eigenvalue weighted by Crippen LogP contribution is 2.23. The zero-order chi connectivity index (χ0) is 61.4. The Hall–Kier alpha value is -3.67. The van der Waals surface area contributed by atoms with Gasteiger partial charge in [-0.1, -0.05) is 308 Å². The number of ether oxygens (including phenoxy) is 2. The molecule has 0 aromatic heterocycles. The number of allylic oxidation sites excluding steroid dienone is 21. The topological polar surface area (TPSA) is 149 Å². The van der Waals surface area contributed by atoms with Gasteiger partial charge in [0.25, 0.3) is 0 Å². The Morgan fingerprint density at radius 1 is 0.412 bits per heavy atom. The Kier molecular flexibility index (Phi) is 59.1. The van der Waals surface area contributed by atoms with E-state index in [1.165, 1.54) is 154 Å². The summed E-state index contributed by atoms with van der Waals surface area (Å²) in [6.45, 7) is 3.66. The number of unbranched alkanes of at least 4 members (excludes halogenated alkanes) is 29. The van der Waals surface area contributed by atoms with Crippen LogP contribution in [-0.2, 0) is 14.3 Å². The van der Waals surface area contributed by atoms with E-state index in [2.05, 4.69) is 141 Å². The largest absolute Gasteiger partial charge is 0.394 e. The molecule has 0 spiro atoms. The number of carbonyl (C=O) groups excluding carboxylic acids is 1. The highest BCUT2D eigenvalue weighted by molar-refractivity contribution is 5.76. The summed E-state index contributed by atoms with van der Waals surface area (Å²) in [4.78, 5) is 13.1. The molecule has 0 radical (unpaired) electrons. The third-order valence-electron chi connectivity index (χ3n) is 15.7. The smallest absolute Gasteiger partial charge is 0.220 e. The van der Waals surface area contributed by atoms with Gasteiger partial charge in [0.2, 0.25) is 5.91 Å². The van der Waals surface area contributed by atoms with Crippen molar-refractivity contribution in [1.29, 1.82) is 0 Å². The van der Waals surface area contributed by atoms with E-state index >= 15 is 0 Å². The molecule has 0 aliphatic carbocycles. The lowest BCUT2D eigenvalue weighted by Gasteiger charge is -2.40. The number of aliphatic hydroxyl groups excluding tert-OH is 5. The normalized spacial score (nSPS) is 19.0. The van der Waals surface area contributed by atoms with Crippen molar-refractivity contribution in [3.63, 3.8) is 0 Å². The third kappa shape index (κ3) is 52.0. The zero-order valence-electron chi connectivity index (χ0n) is 54.3. The second-order valence-corrected chi connectivity index (χ2v) is 23.6. The van der Waals surface area contributed by atoms with Gasteiger partial charge in [0.05, 0.1) is 25.4 Å². The number of nitrogens with one attached hydrogen (secondary N) is 1. The number of hydrogen-bond donors (Lipinski definition) is 6. The van der Waals surface area contributed by atoms with Crippen LogP contribution in [0.15, 0.2) is 134 Å². The van der Waals surface area contributed by atoms with Gasteiger partial charge in [0.1, 0.15) is 24.4 Å². The van der Waals surface area contributed by atoms with E-state index in [4.69, 9.17) is 9.47 Å². The first-order chi connectivity index (χ1) is 41.8. The molecule has 9 heteroatoms. The summed E-state index contributed by atoms with van der Waals surface area (Å²) in [7, 11) is 0. The fourth-order valence-electron chi connectivity index (χ4n) is 10.3. The number of aliphatic hydroxyl groups is 5. The first-order valence-corrected chi connectivity index (χ1v) is 34.9. The monoisotopic (exact) mass is 1180 g/mol. The van der Waals surface area contributed by atoms with Gasteiger partial charge in [-0.15, -0.1) is 0 Å². The standard InChI is InChI=1S/C76H129NO8/c1-3-5-7-9-11-13-15-17-19-21-23-25-27-29-30-31-32-33-34-35-36-37-38-39-40-42-44-46-48-50-52-54-56-58-60-62-64-66-72(80)77-69(68-84-76-75(83)74(82)73(81)71(67-78)85-76)70(79)65-63-61-59-57-55-53-51-49-47-45-43-41-28-26-24-22-20-18-16-14-12-10-8-6-4-2/h5,7,11,13,17,19,23,25,29-30,32-33,35-36,38-39,42,44,55,57,63,65,69-71,73-76,78-79,81-83H,3-4,6,8-10,12,14-16,18,20-22,24,26-28,31,34,37,40-41,43,45-54,56,58-62,64,66-68H2,1-2H3,(H,77,80)/b7-5-,13-11-,19-17-,25-23-,30-29-,33-32-,36-35-,39-38-,44-42-,57-55+,65-63+. The van der Waals surface area contributed by atoms with Gasteiger partial charge < -0.3 is 40.3 Å². The van der Waals surface area contributed by atoms with Gasteiger partial charge >= 0.3 is 0 Å². The molecule has 85 heavy (non-hydrogen) atoms. The SMILES string of the molecule is CC/C=C\C/C=C\C/C=C\C/C=C\C/C=C\C/C=C\C/C=C\C/C=C\C/C=C\CCCCCCCCCCCC(=O)NC(COC1OC(CO)C(O)C(O)C1O)C(O)/C=C/CC/C=C/CCCCCCCCCCCCCCCCCCCCC. The van der Waals surface area contributed by atoms with Gasteiger partial charge in [0.15, 0.2) is 6.29 Å². The van der Waals surface area contributed by atoms with Gasteiger partial charge in [-0.2, -0.15) is 0 Å². The summed E-state index contributed by atoms with van der Waals surface area (Å²) >= 11 is 0. The molecule has 7 unspecified atom stereocenters. The van der Waals surface area contributed by atoms with Crippen molar-refractivity contribution in [1.82, 2.24) is 5.32 Å². The molecule has 0 aromatic rings. The summed E-state index contributed by atoms with van der Waals surface area (Å²) in [6, 6.07) is -0.836. The Morgan fingerprint density at radius 3 is 1.13 bits per heavy atom. The minimum atomic E-state index is -1.58. The Bertz CT molecular complexity index is 1800. The van der Waals surface area contributed by atoms with Gasteiger partial charge in [-0.25, -0.2) is 0 Å². The fourth-order valence-corrected chi connectivity index (χ4v) is 10.3. The molecule has 0 aromatic carbocycles. The summed E-state index contributed by atoms with van der Waals surface area (Å²) in [5, 5.41) is 54.7. The number of amides is 1. The van der Waals surface area contributed by atoms with E-state index in [1.54, 1.807) is 6.08 Å². The number of hydrogen-bond acceptors (Lipinski definition) is 8. The van der Waals surface area contributed by atoms with Crippen LogP contribution in [0.4, 0.5) is 0 Å². The second kappa shape index (κ2) is 63.4. The van der Waals surface area contributed by atoms with Crippen LogP contribution in [-0.4, -0.2) is 87.5 Å². The molecule has 1 heterocycles. The predicted molar refractivity (Wildman–Crippen MR) is 363 cm³/mol. The lowest BCUT2D eigenvalue weighted by atomic mass is 9.99. The lowest BCUT2D eigenvalue weighted by molar-refractivity contribution is -0.302. The summed E-state index contributed by atoms with van der Waals surface area (Å²) in [6.07, 6.45) is 89.7. The van der Waals surface area contributed by atoms with Crippen molar-refractivity contribution in [2.45, 2.75) is 326 Å². The maximum Gasteiger partial charge on any atom is 0.220 e. The molecule has 9 nitrogen and oxygen atoms in total. The molecule has 0 bridgehead atoms. The maximum absolute atomic E-state index is 13.1. The molecule has 0 saturated carbocycles. The Balaban J connectivity index is 2.18. The Morgan fingerprint density at radius 2 is 0.741 bits per heavy atom. The molecule has 1 aliphatic heterocycles. The summed E-state index contributed by atoms with van der Waals surface area (Å²) < 4.78 is 11.3. The molecule has 1 aliphatic rings. The molecule has 1 saturated heterocycles. The van der Waals surface area contributed by atoms with Crippen LogP contribution in [0.1, 0.15) is 284 Å². The third-order valence-corrected chi connectivity index (χ3v) is 15.7. The van der Waals surface area contributed by atoms with E-state index in [1.807, 2.05) is 6.08 Å². The van der Waals surface area contributed by atoms with E-state index in [0.29, 0.717) is 6.42 Å². The van der Waals surface area contributed by atoms with Crippen molar-refractivity contribution in [3.05, 3.63) is 134 Å². The van der Waals surface area contributed by atoms with Crippen LogP contribution < -0.4 is 5.32 Å². The molecule has 1 fully saturated rings. The Labute approximate surface area is 521 Å². The highest BCUT2D eigenvalue weighted by Gasteiger charge is 2.44. The molecule has 7 atom stereocenters. The quantitative estimate of drug-likeness (QED) is 0.0261. The van der Waals surface area contributed by atoms with Crippen LogP contribution in [0.2, 0.25) is 0 Å². The first kappa shape index (κ1) is 79.3. The summed E-state index contributed by atoms with van der Waals surface area (Å²) in [5.41, 5.74) is 0. The fraction of sp³-hybridized carbons (Fsp3) is 0.697. The van der Waals surface area contributed by atoms with Crippen LogP contribution in [0.25, 0.3) is 0 Å². The second-order valence-electron chi connectivity index (χ2n) is 23.6. The molecule has 1 amide bonds. The average molecular weight is 1180 g/mol. The highest BCUT2D eigenvalue weighted by atomic mass is 16.7.